The fraction of sp³-hybridized carbons (Fsp3) is 0.407. The lowest BCUT2D eigenvalue weighted by Crippen LogP contribution is -2.38. The highest BCUT2D eigenvalue weighted by Gasteiger charge is 2.45. The minimum atomic E-state index is -0.795. The summed E-state index contributed by atoms with van der Waals surface area (Å²) in [7, 11) is 0. The normalized spacial score (nSPS) is 20.4. The standard InChI is InChI=1S/C27H31FN2O5/c1-2-16-35-22-10-6-20(7-11-22)25(31)23-24(19-4-8-21(28)9-5-19)30(27(33)26(23)32)13-3-12-29-14-17-34-18-15-29/h4-11,24,31H,2-3,12-18H2,1H3/b25-23+/t24-/m0/s1. The van der Waals surface area contributed by atoms with Gasteiger partial charge in [0.2, 0.25) is 0 Å². The summed E-state index contributed by atoms with van der Waals surface area (Å²) in [6.45, 7) is 6.72. The van der Waals surface area contributed by atoms with Crippen molar-refractivity contribution in [3.8, 4) is 5.75 Å². The smallest absolute Gasteiger partial charge is 0.295 e. The Labute approximate surface area is 204 Å². The average molecular weight is 483 g/mol. The summed E-state index contributed by atoms with van der Waals surface area (Å²) in [6.07, 6.45) is 1.53. The van der Waals surface area contributed by atoms with Gasteiger partial charge in [0.05, 0.1) is 31.4 Å². The lowest BCUT2D eigenvalue weighted by atomic mass is 9.95. The second-order valence-electron chi connectivity index (χ2n) is 8.72. The van der Waals surface area contributed by atoms with Crippen LogP contribution in [0.2, 0.25) is 0 Å². The molecule has 4 rings (SSSR count). The number of hydrogen-bond donors (Lipinski definition) is 1. The summed E-state index contributed by atoms with van der Waals surface area (Å²) < 4.78 is 24.6. The van der Waals surface area contributed by atoms with E-state index >= 15 is 0 Å². The molecule has 2 heterocycles. The van der Waals surface area contributed by atoms with E-state index < -0.39 is 23.5 Å². The van der Waals surface area contributed by atoms with E-state index in [2.05, 4.69) is 4.90 Å². The SMILES string of the molecule is CCCOc1ccc(/C(O)=C2\C(=O)C(=O)N(CCCN3CCOCC3)[C@H]2c2ccc(F)cc2)cc1. The second-order valence-corrected chi connectivity index (χ2v) is 8.72. The van der Waals surface area contributed by atoms with Crippen molar-refractivity contribution in [2.75, 3.05) is 46.0 Å². The van der Waals surface area contributed by atoms with Crippen LogP contribution in [0.1, 0.15) is 36.9 Å². The third-order valence-electron chi connectivity index (χ3n) is 6.30. The van der Waals surface area contributed by atoms with Crippen LogP contribution in [-0.2, 0) is 14.3 Å². The largest absolute Gasteiger partial charge is 0.507 e. The number of nitrogens with zero attached hydrogens (tertiary/aromatic N) is 2. The van der Waals surface area contributed by atoms with Gasteiger partial charge in [-0.1, -0.05) is 19.1 Å². The summed E-state index contributed by atoms with van der Waals surface area (Å²) in [4.78, 5) is 29.9. The molecular weight excluding hydrogens is 451 g/mol. The fourth-order valence-corrected chi connectivity index (χ4v) is 4.48. The van der Waals surface area contributed by atoms with Crippen molar-refractivity contribution < 1.29 is 28.6 Å². The van der Waals surface area contributed by atoms with Crippen LogP contribution in [0.25, 0.3) is 5.76 Å². The Kier molecular flexibility index (Phi) is 8.15. The predicted molar refractivity (Wildman–Crippen MR) is 130 cm³/mol. The topological polar surface area (TPSA) is 79.3 Å². The predicted octanol–water partition coefficient (Wildman–Crippen LogP) is 3.76. The molecule has 8 heteroatoms. The van der Waals surface area contributed by atoms with Crippen LogP contribution in [0, 0.1) is 5.82 Å². The first-order valence-corrected chi connectivity index (χ1v) is 12.1. The number of aliphatic hydroxyl groups is 1. The van der Waals surface area contributed by atoms with Crippen molar-refractivity contribution in [3.63, 3.8) is 0 Å². The number of carbonyl (C=O) groups is 2. The molecule has 2 fully saturated rings. The van der Waals surface area contributed by atoms with E-state index in [1.165, 1.54) is 17.0 Å². The molecule has 2 aliphatic heterocycles. The minimum Gasteiger partial charge on any atom is -0.507 e. The molecule has 0 saturated carbocycles. The molecule has 0 unspecified atom stereocenters. The quantitative estimate of drug-likeness (QED) is 0.333. The van der Waals surface area contributed by atoms with Gasteiger partial charge in [0.25, 0.3) is 11.7 Å². The summed E-state index contributed by atoms with van der Waals surface area (Å²) >= 11 is 0. The molecule has 2 aliphatic rings. The zero-order valence-electron chi connectivity index (χ0n) is 19.9. The highest BCUT2D eigenvalue weighted by atomic mass is 19.1. The van der Waals surface area contributed by atoms with Crippen molar-refractivity contribution in [3.05, 3.63) is 71.0 Å². The zero-order chi connectivity index (χ0) is 24.8. The maximum Gasteiger partial charge on any atom is 0.295 e. The maximum atomic E-state index is 13.6. The first kappa shape index (κ1) is 24.9. The van der Waals surface area contributed by atoms with Crippen LogP contribution in [0.15, 0.2) is 54.1 Å². The van der Waals surface area contributed by atoms with Crippen LogP contribution >= 0.6 is 0 Å². The fourth-order valence-electron chi connectivity index (χ4n) is 4.48. The van der Waals surface area contributed by atoms with E-state index in [0.29, 0.717) is 49.7 Å². The van der Waals surface area contributed by atoms with E-state index in [-0.39, 0.29) is 11.3 Å². The van der Waals surface area contributed by atoms with Gasteiger partial charge in [-0.2, -0.15) is 0 Å². The monoisotopic (exact) mass is 482 g/mol. The molecule has 0 spiro atoms. The van der Waals surface area contributed by atoms with E-state index in [9.17, 15) is 19.1 Å². The number of Topliss-reactive ketones (excluding diaryl/α,β-unsaturated/α-hetero) is 1. The van der Waals surface area contributed by atoms with Gasteiger partial charge in [0.15, 0.2) is 0 Å². The van der Waals surface area contributed by atoms with Crippen molar-refractivity contribution in [1.29, 1.82) is 0 Å². The molecule has 1 amide bonds. The number of halogens is 1. The third-order valence-corrected chi connectivity index (χ3v) is 6.30. The van der Waals surface area contributed by atoms with Gasteiger partial charge < -0.3 is 19.5 Å². The number of ether oxygens (including phenoxy) is 2. The molecule has 1 atom stereocenters. The van der Waals surface area contributed by atoms with Crippen molar-refractivity contribution >= 4 is 17.4 Å². The van der Waals surface area contributed by atoms with Crippen LogP contribution in [-0.4, -0.2) is 72.6 Å². The molecule has 2 saturated heterocycles. The Morgan fingerprint density at radius 3 is 2.40 bits per heavy atom. The van der Waals surface area contributed by atoms with Crippen LogP contribution in [0.3, 0.4) is 0 Å². The summed E-state index contributed by atoms with van der Waals surface area (Å²) in [5.74, 6) is -1.42. The molecular formula is C27H31FN2O5. The molecule has 7 nitrogen and oxygen atoms in total. The Morgan fingerprint density at radius 2 is 1.74 bits per heavy atom. The number of aliphatic hydroxyl groups excluding tert-OH is 1. The van der Waals surface area contributed by atoms with E-state index in [4.69, 9.17) is 9.47 Å². The van der Waals surface area contributed by atoms with Crippen LogP contribution in [0.4, 0.5) is 4.39 Å². The molecule has 0 aliphatic carbocycles. The minimum absolute atomic E-state index is 0.00945. The molecule has 2 aromatic rings. The number of hydrogen-bond acceptors (Lipinski definition) is 6. The Morgan fingerprint density at radius 1 is 1.06 bits per heavy atom. The highest BCUT2D eigenvalue weighted by Crippen LogP contribution is 2.39. The number of amides is 1. The van der Waals surface area contributed by atoms with Gasteiger partial charge in [-0.3, -0.25) is 14.5 Å². The van der Waals surface area contributed by atoms with Gasteiger partial charge in [0.1, 0.15) is 17.3 Å². The van der Waals surface area contributed by atoms with Gasteiger partial charge in [-0.05, 0) is 54.8 Å². The van der Waals surface area contributed by atoms with E-state index in [1.54, 1.807) is 36.4 Å². The number of ketones is 1. The van der Waals surface area contributed by atoms with Gasteiger partial charge >= 0.3 is 0 Å². The van der Waals surface area contributed by atoms with Crippen LogP contribution in [0.5, 0.6) is 5.75 Å². The second kappa shape index (κ2) is 11.5. The number of rotatable bonds is 9. The van der Waals surface area contributed by atoms with E-state index in [0.717, 1.165) is 26.1 Å². The molecule has 0 radical (unpaired) electrons. The molecule has 0 aromatic heterocycles. The lowest BCUT2D eigenvalue weighted by Gasteiger charge is -2.29. The molecule has 1 N–H and O–H groups in total. The highest BCUT2D eigenvalue weighted by molar-refractivity contribution is 6.46. The Balaban J connectivity index is 1.63. The lowest BCUT2D eigenvalue weighted by molar-refractivity contribution is -0.140. The zero-order valence-corrected chi connectivity index (χ0v) is 19.9. The third kappa shape index (κ3) is 5.71. The average Bonchev–Trinajstić information content (AvgIpc) is 3.13. The molecule has 2 aromatic carbocycles. The summed E-state index contributed by atoms with van der Waals surface area (Å²) in [5, 5.41) is 11.2. The van der Waals surface area contributed by atoms with Crippen molar-refractivity contribution in [1.82, 2.24) is 9.80 Å². The number of likely N-dealkylation sites (tertiary alicyclic amines) is 1. The van der Waals surface area contributed by atoms with E-state index in [1.807, 2.05) is 6.92 Å². The Hall–Kier alpha value is -3.23. The number of carbonyl (C=O) groups excluding carboxylic acids is 2. The summed E-state index contributed by atoms with van der Waals surface area (Å²) in [5.41, 5.74) is 0.990. The Bertz CT molecular complexity index is 1060. The van der Waals surface area contributed by atoms with Gasteiger partial charge in [0, 0.05) is 31.7 Å². The van der Waals surface area contributed by atoms with Crippen molar-refractivity contribution in [2.45, 2.75) is 25.8 Å². The van der Waals surface area contributed by atoms with Crippen LogP contribution < -0.4 is 4.74 Å². The molecule has 0 bridgehead atoms. The number of benzene rings is 2. The first-order chi connectivity index (χ1) is 17.0. The maximum absolute atomic E-state index is 13.6. The van der Waals surface area contributed by atoms with Gasteiger partial charge in [-0.25, -0.2) is 4.39 Å². The van der Waals surface area contributed by atoms with Crippen molar-refractivity contribution in [2.24, 2.45) is 0 Å². The summed E-state index contributed by atoms with van der Waals surface area (Å²) in [6, 6.07) is 11.7. The van der Waals surface area contributed by atoms with Gasteiger partial charge in [-0.15, -0.1) is 0 Å². The molecule has 35 heavy (non-hydrogen) atoms. The first-order valence-electron chi connectivity index (χ1n) is 12.1. The number of morpholine rings is 1. The molecule has 186 valence electrons.